The van der Waals surface area contributed by atoms with E-state index in [4.69, 9.17) is 5.14 Å². The molecule has 0 aliphatic heterocycles. The number of rotatable bonds is 5. The molecule has 0 radical (unpaired) electrons. The van der Waals surface area contributed by atoms with Crippen LogP contribution in [0.3, 0.4) is 0 Å². The molecule has 2 unspecified atom stereocenters. The van der Waals surface area contributed by atoms with Crippen molar-refractivity contribution in [2.45, 2.75) is 38.1 Å². The molecule has 0 aliphatic carbocycles. The van der Waals surface area contributed by atoms with Crippen LogP contribution in [-0.4, -0.2) is 26.3 Å². The van der Waals surface area contributed by atoms with Gasteiger partial charge < -0.3 is 4.90 Å². The van der Waals surface area contributed by atoms with E-state index in [1.54, 1.807) is 24.1 Å². The second-order valence-corrected chi connectivity index (χ2v) is 6.61. The number of carbonyl (C=O) groups excluding carboxylic acids is 1. The van der Waals surface area contributed by atoms with Crippen molar-refractivity contribution in [3.05, 3.63) is 29.8 Å². The smallest absolute Gasteiger partial charge is 0.238 e. The van der Waals surface area contributed by atoms with E-state index >= 15 is 0 Å². The molecule has 0 saturated heterocycles. The summed E-state index contributed by atoms with van der Waals surface area (Å²) < 4.78 is 22.4. The fourth-order valence-corrected chi connectivity index (χ4v) is 2.39. The minimum Gasteiger partial charge on any atom is -0.339 e. The van der Waals surface area contributed by atoms with Gasteiger partial charge >= 0.3 is 0 Å². The van der Waals surface area contributed by atoms with E-state index in [0.717, 1.165) is 12.0 Å². The Kier molecular flexibility index (Phi) is 5.30. The number of nitrogens with two attached hydrogens (primary N) is 1. The third-order valence-corrected chi connectivity index (χ3v) is 4.58. The summed E-state index contributed by atoms with van der Waals surface area (Å²) in [5.41, 5.74) is 0.872. The monoisotopic (exact) mass is 298 g/mol. The van der Waals surface area contributed by atoms with Gasteiger partial charge in [0.15, 0.2) is 0 Å². The lowest BCUT2D eigenvalue weighted by Gasteiger charge is -2.27. The molecule has 0 aliphatic rings. The van der Waals surface area contributed by atoms with Crippen LogP contribution in [0.25, 0.3) is 0 Å². The topological polar surface area (TPSA) is 80.5 Å². The zero-order chi connectivity index (χ0) is 15.5. The SMILES string of the molecule is CCC(C)C(=O)N(C)C(C)c1ccc(S(N)(=O)=O)cc1. The lowest BCUT2D eigenvalue weighted by Crippen LogP contribution is -2.33. The Labute approximate surface area is 120 Å². The number of benzene rings is 1. The highest BCUT2D eigenvalue weighted by Crippen LogP contribution is 2.22. The molecule has 0 fully saturated rings. The highest BCUT2D eigenvalue weighted by molar-refractivity contribution is 7.89. The first-order valence-electron chi connectivity index (χ1n) is 6.58. The summed E-state index contributed by atoms with van der Waals surface area (Å²) >= 11 is 0. The van der Waals surface area contributed by atoms with Gasteiger partial charge in [0.25, 0.3) is 0 Å². The molecular formula is C14H22N2O3S. The first-order chi connectivity index (χ1) is 9.18. The predicted octanol–water partition coefficient (Wildman–Crippen LogP) is 1.90. The number of carbonyl (C=O) groups is 1. The van der Waals surface area contributed by atoms with E-state index in [-0.39, 0.29) is 22.8 Å². The predicted molar refractivity (Wildman–Crippen MR) is 78.5 cm³/mol. The van der Waals surface area contributed by atoms with Gasteiger partial charge in [0.2, 0.25) is 15.9 Å². The fraction of sp³-hybridized carbons (Fsp3) is 0.500. The van der Waals surface area contributed by atoms with Crippen molar-refractivity contribution < 1.29 is 13.2 Å². The average Bonchev–Trinajstić information content (AvgIpc) is 2.43. The first kappa shape index (κ1) is 16.7. The minimum atomic E-state index is -3.68. The highest BCUT2D eigenvalue weighted by Gasteiger charge is 2.21. The summed E-state index contributed by atoms with van der Waals surface area (Å²) in [6.07, 6.45) is 0.792. The summed E-state index contributed by atoms with van der Waals surface area (Å²) in [5.74, 6) is 0.0571. The maximum Gasteiger partial charge on any atom is 0.238 e. The van der Waals surface area contributed by atoms with Gasteiger partial charge in [-0.1, -0.05) is 26.0 Å². The summed E-state index contributed by atoms with van der Waals surface area (Å²) in [5, 5.41) is 5.06. The molecule has 20 heavy (non-hydrogen) atoms. The Morgan fingerprint density at radius 3 is 2.15 bits per heavy atom. The van der Waals surface area contributed by atoms with Gasteiger partial charge in [0.1, 0.15) is 0 Å². The van der Waals surface area contributed by atoms with Gasteiger partial charge in [-0.3, -0.25) is 4.79 Å². The summed E-state index contributed by atoms with van der Waals surface area (Å²) in [6, 6.07) is 6.17. The molecule has 6 heteroatoms. The molecular weight excluding hydrogens is 276 g/mol. The number of sulfonamides is 1. The standard InChI is InChI=1S/C14H22N2O3S/c1-5-10(2)14(17)16(4)11(3)12-6-8-13(9-7-12)20(15,18)19/h6-11H,5H2,1-4H3,(H2,15,18,19). The van der Waals surface area contributed by atoms with Gasteiger partial charge in [-0.25, -0.2) is 13.6 Å². The van der Waals surface area contributed by atoms with Crippen LogP contribution in [0.1, 0.15) is 38.8 Å². The van der Waals surface area contributed by atoms with Crippen molar-refractivity contribution in [3.63, 3.8) is 0 Å². The van der Waals surface area contributed by atoms with E-state index in [1.165, 1.54) is 12.1 Å². The second kappa shape index (κ2) is 6.37. The lowest BCUT2D eigenvalue weighted by molar-refractivity contribution is -0.135. The van der Waals surface area contributed by atoms with Gasteiger partial charge in [-0.05, 0) is 31.0 Å². The van der Waals surface area contributed by atoms with Crippen LogP contribution in [0.2, 0.25) is 0 Å². The minimum absolute atomic E-state index is 0.0221. The average molecular weight is 298 g/mol. The van der Waals surface area contributed by atoms with E-state index in [1.807, 2.05) is 20.8 Å². The van der Waals surface area contributed by atoms with Crippen molar-refractivity contribution in [2.75, 3.05) is 7.05 Å². The van der Waals surface area contributed by atoms with Crippen LogP contribution in [0.4, 0.5) is 0 Å². The molecule has 0 spiro atoms. The van der Waals surface area contributed by atoms with Gasteiger partial charge in [0.05, 0.1) is 10.9 Å². The summed E-state index contributed by atoms with van der Waals surface area (Å²) in [7, 11) is -1.92. The lowest BCUT2D eigenvalue weighted by atomic mass is 10.0. The molecule has 0 aromatic heterocycles. The fourth-order valence-electron chi connectivity index (χ4n) is 1.87. The zero-order valence-electron chi connectivity index (χ0n) is 12.3. The Morgan fingerprint density at radius 1 is 1.25 bits per heavy atom. The van der Waals surface area contributed by atoms with Crippen LogP contribution >= 0.6 is 0 Å². The number of nitrogens with zero attached hydrogens (tertiary/aromatic N) is 1. The molecule has 0 bridgehead atoms. The van der Waals surface area contributed by atoms with Crippen molar-refractivity contribution in [3.8, 4) is 0 Å². The maximum atomic E-state index is 12.1. The zero-order valence-corrected chi connectivity index (χ0v) is 13.1. The maximum absolute atomic E-state index is 12.1. The van der Waals surface area contributed by atoms with E-state index < -0.39 is 10.0 Å². The first-order valence-corrected chi connectivity index (χ1v) is 8.12. The number of hydrogen-bond acceptors (Lipinski definition) is 3. The van der Waals surface area contributed by atoms with Crippen molar-refractivity contribution in [1.29, 1.82) is 0 Å². The molecule has 5 nitrogen and oxygen atoms in total. The molecule has 1 aromatic rings. The number of hydrogen-bond donors (Lipinski definition) is 1. The largest absolute Gasteiger partial charge is 0.339 e. The summed E-state index contributed by atoms with van der Waals surface area (Å²) in [6.45, 7) is 5.78. The third kappa shape index (κ3) is 3.80. The van der Waals surface area contributed by atoms with Crippen LogP contribution in [0.15, 0.2) is 29.2 Å². The molecule has 2 N–H and O–H groups in total. The molecule has 1 rings (SSSR count). The van der Waals surface area contributed by atoms with Crippen LogP contribution in [-0.2, 0) is 14.8 Å². The quantitative estimate of drug-likeness (QED) is 0.901. The van der Waals surface area contributed by atoms with E-state index in [9.17, 15) is 13.2 Å². The number of amides is 1. The second-order valence-electron chi connectivity index (χ2n) is 5.05. The van der Waals surface area contributed by atoms with Gasteiger partial charge in [-0.15, -0.1) is 0 Å². The van der Waals surface area contributed by atoms with Crippen LogP contribution in [0.5, 0.6) is 0 Å². The Morgan fingerprint density at radius 2 is 1.75 bits per heavy atom. The van der Waals surface area contributed by atoms with Crippen LogP contribution in [0, 0.1) is 5.92 Å². The van der Waals surface area contributed by atoms with Crippen molar-refractivity contribution in [2.24, 2.45) is 11.1 Å². The summed E-state index contributed by atoms with van der Waals surface area (Å²) in [4.78, 5) is 13.9. The third-order valence-electron chi connectivity index (χ3n) is 3.65. The number of primary sulfonamides is 1. The van der Waals surface area contributed by atoms with Crippen molar-refractivity contribution in [1.82, 2.24) is 4.90 Å². The molecule has 1 amide bonds. The molecule has 112 valence electrons. The highest BCUT2D eigenvalue weighted by atomic mass is 32.2. The Hall–Kier alpha value is -1.40. The normalized spacial score (nSPS) is 14.7. The van der Waals surface area contributed by atoms with E-state index in [2.05, 4.69) is 0 Å². The van der Waals surface area contributed by atoms with Crippen molar-refractivity contribution >= 4 is 15.9 Å². The van der Waals surface area contributed by atoms with Gasteiger partial charge in [0, 0.05) is 13.0 Å². The van der Waals surface area contributed by atoms with Crippen LogP contribution < -0.4 is 5.14 Å². The molecule has 0 saturated carbocycles. The molecule has 2 atom stereocenters. The molecule has 1 aromatic carbocycles. The van der Waals surface area contributed by atoms with E-state index in [0.29, 0.717) is 0 Å². The Balaban J connectivity index is 2.93. The molecule has 0 heterocycles. The Bertz CT molecular complexity index is 567. The van der Waals surface area contributed by atoms with Gasteiger partial charge in [-0.2, -0.15) is 0 Å².